The molecule has 0 saturated carbocycles. The van der Waals surface area contributed by atoms with E-state index in [0.717, 1.165) is 16.5 Å². The molecule has 106 valence electrons. The summed E-state index contributed by atoms with van der Waals surface area (Å²) in [6, 6.07) is 12.5. The molecule has 0 radical (unpaired) electrons. The molecule has 1 atom stereocenters. The summed E-state index contributed by atoms with van der Waals surface area (Å²) in [6.07, 6.45) is 1.82. The Hall–Kier alpha value is -1.52. The van der Waals surface area contributed by atoms with E-state index in [1.165, 1.54) is 11.1 Å². The molecule has 0 spiro atoms. The fourth-order valence-electron chi connectivity index (χ4n) is 2.06. The minimum Gasteiger partial charge on any atom is -0.496 e. The third kappa shape index (κ3) is 3.74. The topological polar surface area (TPSA) is 34.2 Å². The van der Waals surface area contributed by atoms with Crippen LogP contribution in [0.5, 0.6) is 5.75 Å². The molecule has 1 N–H and O–H groups in total. The van der Waals surface area contributed by atoms with Gasteiger partial charge in [-0.15, -0.1) is 11.8 Å². The van der Waals surface area contributed by atoms with Gasteiger partial charge in [0.05, 0.1) is 12.1 Å². The number of hydrogen-bond acceptors (Lipinski definition) is 4. The van der Waals surface area contributed by atoms with Crippen molar-refractivity contribution < 1.29 is 4.74 Å². The summed E-state index contributed by atoms with van der Waals surface area (Å²) in [6.45, 7) is 2.10. The quantitative estimate of drug-likeness (QED) is 0.826. The van der Waals surface area contributed by atoms with Crippen LogP contribution in [0.2, 0.25) is 0 Å². The maximum absolute atomic E-state index is 5.47. The number of rotatable bonds is 6. The lowest BCUT2D eigenvalue weighted by molar-refractivity contribution is 0.404. The second kappa shape index (κ2) is 7.31. The molecule has 1 aromatic carbocycles. The third-order valence-corrected chi connectivity index (χ3v) is 4.18. The van der Waals surface area contributed by atoms with Crippen molar-refractivity contribution in [3.05, 3.63) is 53.7 Å². The zero-order valence-corrected chi connectivity index (χ0v) is 12.9. The zero-order chi connectivity index (χ0) is 14.4. The van der Waals surface area contributed by atoms with E-state index < -0.39 is 0 Å². The fraction of sp³-hybridized carbons (Fsp3) is 0.312. The van der Waals surface area contributed by atoms with Gasteiger partial charge in [-0.25, -0.2) is 4.98 Å². The molecule has 0 aliphatic carbocycles. The molecular weight excluding hydrogens is 268 g/mol. The van der Waals surface area contributed by atoms with Crippen LogP contribution in [0.3, 0.4) is 0 Å². The second-order valence-electron chi connectivity index (χ2n) is 4.57. The number of pyridine rings is 1. The van der Waals surface area contributed by atoms with Crippen molar-refractivity contribution in [1.82, 2.24) is 10.3 Å². The van der Waals surface area contributed by atoms with E-state index in [1.54, 1.807) is 18.9 Å². The van der Waals surface area contributed by atoms with Crippen molar-refractivity contribution in [2.45, 2.75) is 18.0 Å². The number of nitrogens with zero attached hydrogens (tertiary/aromatic N) is 1. The number of ether oxygens (including phenoxy) is 1. The lowest BCUT2D eigenvalue weighted by Gasteiger charge is -2.19. The highest BCUT2D eigenvalue weighted by atomic mass is 32.2. The lowest BCUT2D eigenvalue weighted by Crippen LogP contribution is -2.19. The summed E-state index contributed by atoms with van der Waals surface area (Å²) in [7, 11) is 3.69. The molecule has 1 aromatic heterocycles. The Morgan fingerprint density at radius 3 is 2.80 bits per heavy atom. The Morgan fingerprint density at radius 2 is 2.15 bits per heavy atom. The molecule has 0 amide bonds. The van der Waals surface area contributed by atoms with E-state index in [1.807, 2.05) is 37.5 Å². The summed E-state index contributed by atoms with van der Waals surface area (Å²) in [4.78, 5) is 4.34. The van der Waals surface area contributed by atoms with Gasteiger partial charge < -0.3 is 10.1 Å². The van der Waals surface area contributed by atoms with Crippen LogP contribution in [0.1, 0.15) is 17.2 Å². The highest BCUT2D eigenvalue weighted by Gasteiger charge is 2.15. The minimum absolute atomic E-state index is 0.233. The van der Waals surface area contributed by atoms with Gasteiger partial charge in [-0.3, -0.25) is 0 Å². The van der Waals surface area contributed by atoms with E-state index in [2.05, 4.69) is 29.4 Å². The molecule has 1 heterocycles. The monoisotopic (exact) mass is 288 g/mol. The predicted octanol–water partition coefficient (Wildman–Crippen LogP) is 3.45. The first kappa shape index (κ1) is 14.9. The number of benzene rings is 1. The van der Waals surface area contributed by atoms with Crippen molar-refractivity contribution in [2.24, 2.45) is 0 Å². The Labute approximate surface area is 124 Å². The highest BCUT2D eigenvalue weighted by Crippen LogP contribution is 2.30. The summed E-state index contributed by atoms with van der Waals surface area (Å²) in [5.74, 6) is 1.84. The van der Waals surface area contributed by atoms with Crippen LogP contribution < -0.4 is 10.1 Å². The molecule has 0 fully saturated rings. The molecule has 2 rings (SSSR count). The van der Waals surface area contributed by atoms with E-state index in [9.17, 15) is 0 Å². The smallest absolute Gasteiger partial charge is 0.123 e. The SMILES string of the molecule is CNC(CSc1ccccn1)c1cc(C)ccc1OC. The summed E-state index contributed by atoms with van der Waals surface area (Å²) in [5.41, 5.74) is 2.43. The number of aromatic nitrogens is 1. The maximum atomic E-state index is 5.47. The summed E-state index contributed by atoms with van der Waals surface area (Å²) < 4.78 is 5.47. The molecule has 2 aromatic rings. The average molecular weight is 288 g/mol. The van der Waals surface area contributed by atoms with Gasteiger partial charge in [-0.1, -0.05) is 23.8 Å². The van der Waals surface area contributed by atoms with Gasteiger partial charge in [0.15, 0.2) is 0 Å². The van der Waals surface area contributed by atoms with E-state index in [4.69, 9.17) is 4.74 Å². The first-order valence-electron chi connectivity index (χ1n) is 6.60. The molecule has 0 saturated heterocycles. The van der Waals surface area contributed by atoms with Crippen LogP contribution in [0.25, 0.3) is 0 Å². The standard InChI is InChI=1S/C16H20N2OS/c1-12-7-8-15(19-3)13(10-12)14(17-2)11-20-16-6-4-5-9-18-16/h4-10,14,17H,11H2,1-3H3. The lowest BCUT2D eigenvalue weighted by atomic mass is 10.0. The molecule has 0 aliphatic heterocycles. The Bertz CT molecular complexity index is 545. The third-order valence-electron chi connectivity index (χ3n) is 3.14. The van der Waals surface area contributed by atoms with Crippen molar-refractivity contribution in [1.29, 1.82) is 0 Å². The van der Waals surface area contributed by atoms with Gasteiger partial charge in [0.1, 0.15) is 5.75 Å². The molecule has 4 heteroatoms. The number of aryl methyl sites for hydroxylation is 1. The highest BCUT2D eigenvalue weighted by molar-refractivity contribution is 7.99. The van der Waals surface area contributed by atoms with Crippen LogP contribution in [-0.4, -0.2) is 24.9 Å². The minimum atomic E-state index is 0.233. The Balaban J connectivity index is 2.14. The Kier molecular flexibility index (Phi) is 5.44. The zero-order valence-electron chi connectivity index (χ0n) is 12.1. The molecule has 1 unspecified atom stereocenters. The van der Waals surface area contributed by atoms with Crippen LogP contribution in [0, 0.1) is 6.92 Å². The van der Waals surface area contributed by atoms with Gasteiger partial charge in [0, 0.05) is 23.6 Å². The first-order valence-corrected chi connectivity index (χ1v) is 7.58. The largest absolute Gasteiger partial charge is 0.496 e. The average Bonchev–Trinajstić information content (AvgIpc) is 2.49. The number of hydrogen-bond donors (Lipinski definition) is 1. The molecule has 3 nitrogen and oxygen atoms in total. The van der Waals surface area contributed by atoms with Gasteiger partial charge in [0.2, 0.25) is 0 Å². The normalized spacial score (nSPS) is 12.2. The van der Waals surface area contributed by atoms with Crippen LogP contribution >= 0.6 is 11.8 Å². The summed E-state index contributed by atoms with van der Waals surface area (Å²) >= 11 is 1.74. The van der Waals surface area contributed by atoms with Crippen molar-refractivity contribution in [3.8, 4) is 5.75 Å². The predicted molar refractivity (Wildman–Crippen MR) is 84.5 cm³/mol. The number of thioether (sulfide) groups is 1. The summed E-state index contributed by atoms with van der Waals surface area (Å²) in [5, 5.41) is 4.40. The maximum Gasteiger partial charge on any atom is 0.123 e. The van der Waals surface area contributed by atoms with E-state index >= 15 is 0 Å². The van der Waals surface area contributed by atoms with Gasteiger partial charge in [0.25, 0.3) is 0 Å². The van der Waals surface area contributed by atoms with E-state index in [-0.39, 0.29) is 6.04 Å². The van der Waals surface area contributed by atoms with Crippen molar-refractivity contribution in [2.75, 3.05) is 19.9 Å². The van der Waals surface area contributed by atoms with Crippen molar-refractivity contribution in [3.63, 3.8) is 0 Å². The molecule has 0 bridgehead atoms. The van der Waals surface area contributed by atoms with Crippen LogP contribution in [-0.2, 0) is 0 Å². The Morgan fingerprint density at radius 1 is 1.30 bits per heavy atom. The second-order valence-corrected chi connectivity index (χ2v) is 5.61. The van der Waals surface area contributed by atoms with Gasteiger partial charge in [-0.2, -0.15) is 0 Å². The molecular formula is C16H20N2OS. The van der Waals surface area contributed by atoms with Crippen LogP contribution in [0.4, 0.5) is 0 Å². The fourth-order valence-corrected chi connectivity index (χ4v) is 3.05. The van der Waals surface area contributed by atoms with Gasteiger partial charge >= 0.3 is 0 Å². The first-order chi connectivity index (χ1) is 9.74. The van der Waals surface area contributed by atoms with Crippen LogP contribution in [0.15, 0.2) is 47.6 Å². The molecule has 20 heavy (non-hydrogen) atoms. The molecule has 0 aliphatic rings. The number of nitrogens with one attached hydrogen (secondary N) is 1. The van der Waals surface area contributed by atoms with Gasteiger partial charge in [-0.05, 0) is 32.2 Å². The van der Waals surface area contributed by atoms with E-state index in [0.29, 0.717) is 0 Å². The number of methoxy groups -OCH3 is 1. The van der Waals surface area contributed by atoms with Crippen molar-refractivity contribution >= 4 is 11.8 Å².